The number of aromatic nitrogens is 1. The maximum Gasteiger partial charge on any atom is 0.104 e. The highest BCUT2D eigenvalue weighted by Crippen LogP contribution is 2.37. The number of hydrogen-bond donors (Lipinski definition) is 1. The molecule has 2 nitrogen and oxygen atoms in total. The molecule has 1 aliphatic rings. The molecule has 0 atom stereocenters. The van der Waals surface area contributed by atoms with Crippen molar-refractivity contribution in [3.8, 4) is 0 Å². The first-order valence-electron chi connectivity index (χ1n) is 5.16. The second-order valence-corrected chi connectivity index (χ2v) is 6.57. The standard InChI is InChI=1S/C11H12BrNOS/c12-10-4-8-3-9(6-14)13(11(8)15-10)5-7-1-2-7/h3-4,7,14H,1-2,5-6H2. The Morgan fingerprint density at radius 2 is 2.27 bits per heavy atom. The molecular formula is C11H12BrNOS. The first-order valence-corrected chi connectivity index (χ1v) is 6.77. The highest BCUT2D eigenvalue weighted by molar-refractivity contribution is 9.11. The molecule has 80 valence electrons. The first kappa shape index (κ1) is 9.87. The minimum Gasteiger partial charge on any atom is -0.390 e. The van der Waals surface area contributed by atoms with Gasteiger partial charge in [0.15, 0.2) is 0 Å². The van der Waals surface area contributed by atoms with Crippen molar-refractivity contribution >= 4 is 37.5 Å². The lowest BCUT2D eigenvalue weighted by molar-refractivity contribution is 0.270. The predicted molar refractivity (Wildman–Crippen MR) is 66.2 cm³/mol. The van der Waals surface area contributed by atoms with Gasteiger partial charge in [-0.25, -0.2) is 0 Å². The van der Waals surface area contributed by atoms with E-state index >= 15 is 0 Å². The van der Waals surface area contributed by atoms with Crippen LogP contribution in [0.4, 0.5) is 0 Å². The van der Waals surface area contributed by atoms with E-state index in [9.17, 15) is 5.11 Å². The van der Waals surface area contributed by atoms with Crippen LogP contribution in [0.1, 0.15) is 18.5 Å². The van der Waals surface area contributed by atoms with Gasteiger partial charge in [-0.3, -0.25) is 0 Å². The second-order valence-electron chi connectivity index (χ2n) is 4.16. The van der Waals surface area contributed by atoms with Gasteiger partial charge in [-0.15, -0.1) is 11.3 Å². The molecule has 4 heteroatoms. The van der Waals surface area contributed by atoms with Crippen LogP contribution >= 0.6 is 27.3 Å². The number of halogens is 1. The van der Waals surface area contributed by atoms with Gasteiger partial charge in [0.1, 0.15) is 4.83 Å². The fraction of sp³-hybridized carbons (Fsp3) is 0.455. The summed E-state index contributed by atoms with van der Waals surface area (Å²) in [5.41, 5.74) is 1.05. The second kappa shape index (κ2) is 3.61. The molecule has 2 aromatic heterocycles. The number of hydrogen-bond acceptors (Lipinski definition) is 2. The molecule has 1 N–H and O–H groups in total. The van der Waals surface area contributed by atoms with Gasteiger partial charge in [-0.05, 0) is 46.8 Å². The van der Waals surface area contributed by atoms with Crippen LogP contribution in [0.25, 0.3) is 10.2 Å². The normalized spacial score (nSPS) is 16.4. The Kier molecular flexibility index (Phi) is 2.38. The van der Waals surface area contributed by atoms with Crippen molar-refractivity contribution in [2.45, 2.75) is 26.0 Å². The van der Waals surface area contributed by atoms with Crippen LogP contribution in [0.5, 0.6) is 0 Å². The summed E-state index contributed by atoms with van der Waals surface area (Å²) in [4.78, 5) is 1.29. The number of thiophene rings is 1. The maximum atomic E-state index is 9.31. The van der Waals surface area contributed by atoms with Crippen molar-refractivity contribution in [1.29, 1.82) is 0 Å². The van der Waals surface area contributed by atoms with Crippen LogP contribution in [0, 0.1) is 5.92 Å². The van der Waals surface area contributed by atoms with Gasteiger partial charge >= 0.3 is 0 Å². The molecule has 0 unspecified atom stereocenters. The van der Waals surface area contributed by atoms with Crippen molar-refractivity contribution in [2.75, 3.05) is 0 Å². The van der Waals surface area contributed by atoms with E-state index in [0.29, 0.717) is 0 Å². The molecule has 1 saturated carbocycles. The topological polar surface area (TPSA) is 25.2 Å². The van der Waals surface area contributed by atoms with E-state index in [0.717, 1.165) is 18.2 Å². The minimum atomic E-state index is 0.145. The van der Waals surface area contributed by atoms with Gasteiger partial charge in [0.05, 0.1) is 10.4 Å². The number of fused-ring (bicyclic) bond motifs is 1. The lowest BCUT2D eigenvalue weighted by Gasteiger charge is -2.06. The van der Waals surface area contributed by atoms with E-state index in [1.165, 1.54) is 26.8 Å². The molecule has 0 saturated heterocycles. The molecule has 0 bridgehead atoms. The zero-order valence-electron chi connectivity index (χ0n) is 8.24. The molecule has 1 fully saturated rings. The number of rotatable bonds is 3. The van der Waals surface area contributed by atoms with Gasteiger partial charge < -0.3 is 9.67 Å². The van der Waals surface area contributed by atoms with Crippen LogP contribution in [0.3, 0.4) is 0 Å². The zero-order valence-corrected chi connectivity index (χ0v) is 10.6. The smallest absolute Gasteiger partial charge is 0.104 e. The number of aliphatic hydroxyl groups excluding tert-OH is 1. The van der Waals surface area contributed by atoms with Gasteiger partial charge in [0.25, 0.3) is 0 Å². The molecule has 2 aromatic rings. The summed E-state index contributed by atoms with van der Waals surface area (Å²) in [5, 5.41) is 10.6. The van der Waals surface area contributed by atoms with Gasteiger partial charge in [0.2, 0.25) is 0 Å². The van der Waals surface area contributed by atoms with Crippen molar-refractivity contribution in [3.63, 3.8) is 0 Å². The van der Waals surface area contributed by atoms with Gasteiger partial charge in [0, 0.05) is 17.6 Å². The van der Waals surface area contributed by atoms with E-state index in [1.807, 2.05) is 0 Å². The van der Waals surface area contributed by atoms with E-state index in [2.05, 4.69) is 32.6 Å². The lowest BCUT2D eigenvalue weighted by Crippen LogP contribution is -2.03. The van der Waals surface area contributed by atoms with Crippen LogP contribution < -0.4 is 0 Å². The van der Waals surface area contributed by atoms with Gasteiger partial charge in [-0.1, -0.05) is 0 Å². The summed E-state index contributed by atoms with van der Waals surface area (Å²) in [6.45, 7) is 1.22. The van der Waals surface area contributed by atoms with E-state index in [1.54, 1.807) is 11.3 Å². The molecule has 1 aliphatic carbocycles. The monoisotopic (exact) mass is 285 g/mol. The molecule has 0 aliphatic heterocycles. The predicted octanol–water partition coefficient (Wildman–Crippen LogP) is 3.37. The summed E-state index contributed by atoms with van der Waals surface area (Å²) < 4.78 is 3.45. The van der Waals surface area contributed by atoms with Crippen LogP contribution in [-0.4, -0.2) is 9.67 Å². The largest absolute Gasteiger partial charge is 0.390 e. The summed E-state index contributed by atoms with van der Waals surface area (Å²) >= 11 is 5.26. The minimum absolute atomic E-state index is 0.145. The van der Waals surface area contributed by atoms with Crippen LogP contribution in [0.2, 0.25) is 0 Å². The van der Waals surface area contributed by atoms with Crippen molar-refractivity contribution in [2.24, 2.45) is 5.92 Å². The average molecular weight is 286 g/mol. The summed E-state index contributed by atoms with van der Waals surface area (Å²) in [6.07, 6.45) is 2.69. The summed E-state index contributed by atoms with van der Waals surface area (Å²) in [6, 6.07) is 4.22. The van der Waals surface area contributed by atoms with Gasteiger partial charge in [-0.2, -0.15) is 0 Å². The molecule has 15 heavy (non-hydrogen) atoms. The maximum absolute atomic E-state index is 9.31. The number of aliphatic hydroxyl groups is 1. The van der Waals surface area contributed by atoms with Crippen molar-refractivity contribution < 1.29 is 5.11 Å². The van der Waals surface area contributed by atoms with Crippen molar-refractivity contribution in [1.82, 2.24) is 4.57 Å². The summed E-state index contributed by atoms with van der Waals surface area (Å²) in [5.74, 6) is 0.840. The molecule has 0 spiro atoms. The molecule has 0 aromatic carbocycles. The molecular weight excluding hydrogens is 274 g/mol. The average Bonchev–Trinajstić information content (AvgIpc) is 2.87. The van der Waals surface area contributed by atoms with E-state index < -0.39 is 0 Å². The number of nitrogens with zero attached hydrogens (tertiary/aromatic N) is 1. The third-order valence-corrected chi connectivity index (χ3v) is 4.60. The third kappa shape index (κ3) is 1.75. The first-order chi connectivity index (χ1) is 7.28. The molecule has 3 rings (SSSR count). The Morgan fingerprint density at radius 1 is 1.47 bits per heavy atom. The molecule has 0 radical (unpaired) electrons. The molecule has 0 amide bonds. The highest BCUT2D eigenvalue weighted by atomic mass is 79.9. The zero-order chi connectivity index (χ0) is 10.4. The third-order valence-electron chi connectivity index (χ3n) is 2.92. The Bertz CT molecular complexity index is 498. The Hall–Kier alpha value is -0.320. The highest BCUT2D eigenvalue weighted by Gasteiger charge is 2.24. The van der Waals surface area contributed by atoms with Crippen LogP contribution in [-0.2, 0) is 13.2 Å². The quantitative estimate of drug-likeness (QED) is 0.919. The van der Waals surface area contributed by atoms with Crippen LogP contribution in [0.15, 0.2) is 15.9 Å². The Balaban J connectivity index is 2.10. The fourth-order valence-electron chi connectivity index (χ4n) is 1.96. The van der Waals surface area contributed by atoms with E-state index in [4.69, 9.17) is 0 Å². The fourth-order valence-corrected chi connectivity index (χ4v) is 3.57. The Labute approximate surface area is 101 Å². The van der Waals surface area contributed by atoms with E-state index in [-0.39, 0.29) is 6.61 Å². The molecule has 2 heterocycles. The lowest BCUT2D eigenvalue weighted by atomic mass is 10.3. The van der Waals surface area contributed by atoms with Crippen molar-refractivity contribution in [3.05, 3.63) is 21.6 Å². The SMILES string of the molecule is OCc1cc2cc(Br)sc2n1CC1CC1. The Morgan fingerprint density at radius 3 is 2.93 bits per heavy atom. The summed E-state index contributed by atoms with van der Waals surface area (Å²) in [7, 11) is 0.